The highest BCUT2D eigenvalue weighted by atomic mass is 32.2. The number of aliphatic hydroxyl groups is 1. The molecule has 0 aliphatic carbocycles. The molecule has 17 heavy (non-hydrogen) atoms. The van der Waals surface area contributed by atoms with Gasteiger partial charge in [0, 0.05) is 23.1 Å². The van der Waals surface area contributed by atoms with Gasteiger partial charge in [-0.15, -0.1) is 0 Å². The van der Waals surface area contributed by atoms with Crippen LogP contribution in [0.2, 0.25) is 0 Å². The zero-order chi connectivity index (χ0) is 12.7. The van der Waals surface area contributed by atoms with Crippen LogP contribution in [-0.4, -0.2) is 34.3 Å². The molecule has 0 bridgehead atoms. The molecule has 0 saturated heterocycles. The molecule has 1 rings (SSSR count). The molecule has 2 atom stereocenters. The summed E-state index contributed by atoms with van der Waals surface area (Å²) in [7, 11) is -1.00. The van der Waals surface area contributed by atoms with Crippen molar-refractivity contribution in [3.05, 3.63) is 35.4 Å². The van der Waals surface area contributed by atoms with Crippen molar-refractivity contribution >= 4 is 10.8 Å². The van der Waals surface area contributed by atoms with Crippen LogP contribution < -0.4 is 5.32 Å². The molecule has 0 radical (unpaired) electrons. The average Bonchev–Trinajstić information content (AvgIpc) is 2.26. The first-order valence-electron chi connectivity index (χ1n) is 5.91. The van der Waals surface area contributed by atoms with Gasteiger partial charge >= 0.3 is 0 Å². The van der Waals surface area contributed by atoms with E-state index in [4.69, 9.17) is 0 Å². The Morgan fingerprint density at radius 1 is 1.47 bits per heavy atom. The second-order valence-electron chi connectivity index (χ2n) is 4.20. The maximum absolute atomic E-state index is 11.8. The summed E-state index contributed by atoms with van der Waals surface area (Å²) in [5.41, 5.74) is 2.24. The van der Waals surface area contributed by atoms with Gasteiger partial charge in [0.05, 0.1) is 11.9 Å². The normalized spacial score (nSPS) is 14.5. The van der Waals surface area contributed by atoms with E-state index in [1.54, 1.807) is 0 Å². The van der Waals surface area contributed by atoms with Crippen LogP contribution in [0, 0.1) is 6.92 Å². The summed E-state index contributed by atoms with van der Waals surface area (Å²) in [5.74, 6) is 0.853. The molecule has 0 saturated carbocycles. The van der Waals surface area contributed by atoms with Gasteiger partial charge in [0.1, 0.15) is 0 Å². The molecular weight excluding hydrogens is 234 g/mol. The van der Waals surface area contributed by atoms with E-state index >= 15 is 0 Å². The molecular formula is C13H21NO2S. The Labute approximate surface area is 106 Å². The van der Waals surface area contributed by atoms with E-state index in [9.17, 15) is 9.32 Å². The Bertz CT molecular complexity index is 368. The quantitative estimate of drug-likeness (QED) is 0.770. The lowest BCUT2D eigenvalue weighted by Crippen LogP contribution is -2.31. The van der Waals surface area contributed by atoms with Crippen molar-refractivity contribution in [2.45, 2.75) is 25.7 Å². The van der Waals surface area contributed by atoms with Gasteiger partial charge in [-0.2, -0.15) is 0 Å². The number of hydrogen-bond acceptors (Lipinski definition) is 3. The summed E-state index contributed by atoms with van der Waals surface area (Å²) >= 11 is 0. The molecule has 1 aromatic carbocycles. The zero-order valence-corrected chi connectivity index (χ0v) is 11.3. The van der Waals surface area contributed by atoms with Crippen LogP contribution in [-0.2, 0) is 16.6 Å². The smallest absolute Gasteiger partial charge is 0.0779 e. The van der Waals surface area contributed by atoms with Crippen LogP contribution in [0.4, 0.5) is 0 Å². The number of likely N-dealkylation sites (N-methyl/N-ethyl adjacent to an activating group) is 1. The summed E-state index contributed by atoms with van der Waals surface area (Å²) in [6.45, 7) is 5.33. The van der Waals surface area contributed by atoms with E-state index in [-0.39, 0.29) is 0 Å². The topological polar surface area (TPSA) is 49.3 Å². The fraction of sp³-hybridized carbons (Fsp3) is 0.538. The van der Waals surface area contributed by atoms with Gasteiger partial charge in [0.25, 0.3) is 0 Å². The maximum Gasteiger partial charge on any atom is 0.0779 e. The minimum atomic E-state index is -1.00. The average molecular weight is 255 g/mol. The lowest BCUT2D eigenvalue weighted by Gasteiger charge is -2.10. The van der Waals surface area contributed by atoms with Crippen LogP contribution >= 0.6 is 0 Å². The van der Waals surface area contributed by atoms with Gasteiger partial charge in [-0.1, -0.05) is 36.8 Å². The third-order valence-corrected chi connectivity index (χ3v) is 3.83. The molecule has 4 heteroatoms. The molecule has 0 aliphatic heterocycles. The van der Waals surface area contributed by atoms with Crippen molar-refractivity contribution in [1.29, 1.82) is 0 Å². The Hall–Kier alpha value is -0.710. The first-order chi connectivity index (χ1) is 8.11. The van der Waals surface area contributed by atoms with Gasteiger partial charge in [0.15, 0.2) is 0 Å². The minimum absolute atomic E-state index is 0.334. The molecule has 96 valence electrons. The Morgan fingerprint density at radius 3 is 2.88 bits per heavy atom. The second kappa shape index (κ2) is 7.58. The lowest BCUT2D eigenvalue weighted by molar-refractivity contribution is 0.195. The molecule has 3 nitrogen and oxygen atoms in total. The second-order valence-corrected chi connectivity index (χ2v) is 5.70. The fourth-order valence-electron chi connectivity index (χ4n) is 1.63. The fourth-order valence-corrected chi connectivity index (χ4v) is 2.85. The van der Waals surface area contributed by atoms with Gasteiger partial charge in [-0.3, -0.25) is 4.21 Å². The molecule has 0 aromatic heterocycles. The lowest BCUT2D eigenvalue weighted by atomic mass is 10.2. The zero-order valence-electron chi connectivity index (χ0n) is 10.5. The van der Waals surface area contributed by atoms with Crippen molar-refractivity contribution in [2.75, 3.05) is 18.8 Å². The van der Waals surface area contributed by atoms with Crippen LogP contribution in [0.25, 0.3) is 0 Å². The minimum Gasteiger partial charge on any atom is -0.391 e. The largest absolute Gasteiger partial charge is 0.391 e. The third kappa shape index (κ3) is 5.96. The van der Waals surface area contributed by atoms with E-state index in [1.807, 2.05) is 38.1 Å². The SMILES string of the molecule is CCNCC(O)CS(=O)Cc1cccc(C)c1. The van der Waals surface area contributed by atoms with Crippen molar-refractivity contribution in [1.82, 2.24) is 5.32 Å². The van der Waals surface area contributed by atoms with Gasteiger partial charge in [-0.05, 0) is 19.0 Å². The first kappa shape index (κ1) is 14.4. The number of hydrogen-bond donors (Lipinski definition) is 2. The molecule has 0 fully saturated rings. The van der Waals surface area contributed by atoms with Gasteiger partial charge in [-0.25, -0.2) is 0 Å². The summed E-state index contributed by atoms with van der Waals surface area (Å²) in [6.07, 6.45) is -0.527. The summed E-state index contributed by atoms with van der Waals surface area (Å²) < 4.78 is 11.8. The highest BCUT2D eigenvalue weighted by molar-refractivity contribution is 7.84. The number of nitrogens with one attached hydrogen (secondary N) is 1. The van der Waals surface area contributed by atoms with Crippen molar-refractivity contribution in [3.8, 4) is 0 Å². The van der Waals surface area contributed by atoms with Crippen LogP contribution in [0.5, 0.6) is 0 Å². The highest BCUT2D eigenvalue weighted by Crippen LogP contribution is 2.07. The third-order valence-electron chi connectivity index (χ3n) is 2.42. The molecule has 2 unspecified atom stereocenters. The van der Waals surface area contributed by atoms with E-state index in [2.05, 4.69) is 5.32 Å². The Morgan fingerprint density at radius 2 is 2.24 bits per heavy atom. The van der Waals surface area contributed by atoms with E-state index < -0.39 is 16.9 Å². The molecule has 0 spiro atoms. The predicted molar refractivity (Wildman–Crippen MR) is 72.4 cm³/mol. The van der Waals surface area contributed by atoms with Crippen LogP contribution in [0.1, 0.15) is 18.1 Å². The Kier molecular flexibility index (Phi) is 6.40. The maximum atomic E-state index is 11.8. The van der Waals surface area contributed by atoms with E-state index in [0.29, 0.717) is 18.1 Å². The van der Waals surface area contributed by atoms with Crippen molar-refractivity contribution in [3.63, 3.8) is 0 Å². The monoisotopic (exact) mass is 255 g/mol. The van der Waals surface area contributed by atoms with Gasteiger partial charge < -0.3 is 10.4 Å². The molecule has 0 heterocycles. The van der Waals surface area contributed by atoms with Gasteiger partial charge in [0.2, 0.25) is 0 Å². The van der Waals surface area contributed by atoms with Crippen molar-refractivity contribution in [2.24, 2.45) is 0 Å². The molecule has 0 aliphatic rings. The van der Waals surface area contributed by atoms with E-state index in [0.717, 1.165) is 12.1 Å². The predicted octanol–water partition coefficient (Wildman–Crippen LogP) is 1.21. The molecule has 0 amide bonds. The van der Waals surface area contributed by atoms with Crippen LogP contribution in [0.15, 0.2) is 24.3 Å². The van der Waals surface area contributed by atoms with Crippen molar-refractivity contribution < 1.29 is 9.32 Å². The Balaban J connectivity index is 2.39. The summed E-state index contributed by atoms with van der Waals surface area (Å²) in [4.78, 5) is 0. The number of aliphatic hydroxyl groups excluding tert-OH is 1. The molecule has 1 aromatic rings. The standard InChI is InChI=1S/C13H21NO2S/c1-3-14-8-13(15)10-17(16)9-12-6-4-5-11(2)7-12/h4-7,13-15H,3,8-10H2,1-2H3. The highest BCUT2D eigenvalue weighted by Gasteiger charge is 2.09. The molecule has 2 N–H and O–H groups in total. The summed E-state index contributed by atoms with van der Waals surface area (Å²) in [5, 5.41) is 12.7. The van der Waals surface area contributed by atoms with E-state index in [1.165, 1.54) is 5.56 Å². The summed E-state index contributed by atoms with van der Waals surface area (Å²) in [6, 6.07) is 8.00. The first-order valence-corrected chi connectivity index (χ1v) is 7.40. The number of aryl methyl sites for hydroxylation is 1. The number of benzene rings is 1. The van der Waals surface area contributed by atoms with Crippen LogP contribution in [0.3, 0.4) is 0 Å². The number of rotatable bonds is 7.